The third kappa shape index (κ3) is 13.1. The molecule has 0 heterocycles. The van der Waals surface area contributed by atoms with Gasteiger partial charge < -0.3 is 9.79 Å². The highest BCUT2D eigenvalue weighted by Crippen LogP contribution is 2.42. The molecule has 0 aromatic heterocycles. The van der Waals surface area contributed by atoms with Crippen LogP contribution in [0.1, 0.15) is 104 Å². The summed E-state index contributed by atoms with van der Waals surface area (Å²) in [5.41, 5.74) is 0. The van der Waals surface area contributed by atoms with Crippen LogP contribution in [-0.4, -0.2) is 27.5 Å². The van der Waals surface area contributed by atoms with Gasteiger partial charge in [-0.2, -0.15) is 0 Å². The van der Waals surface area contributed by atoms with Crippen molar-refractivity contribution >= 4 is 7.75 Å². The van der Waals surface area contributed by atoms with Crippen molar-refractivity contribution in [2.45, 2.75) is 110 Å². The topological polar surface area (TPSA) is 60.8 Å². The first-order valence-corrected chi connectivity index (χ1v) is 11.3. The number of nitrogens with zero attached hydrogens (tertiary/aromatic N) is 1. The molecule has 23 heavy (non-hydrogen) atoms. The highest BCUT2D eigenvalue weighted by molar-refractivity contribution is 7.49. The molecule has 0 amide bonds. The first kappa shape index (κ1) is 23.1. The summed E-state index contributed by atoms with van der Waals surface area (Å²) in [5, 5.41) is 0. The Morgan fingerprint density at radius 1 is 0.739 bits per heavy atom. The van der Waals surface area contributed by atoms with Gasteiger partial charge in [-0.1, -0.05) is 90.9 Å². The van der Waals surface area contributed by atoms with Gasteiger partial charge in [0.1, 0.15) is 0 Å². The van der Waals surface area contributed by atoms with Gasteiger partial charge in [0.05, 0.1) is 0 Å². The Morgan fingerprint density at radius 3 is 1.43 bits per heavy atom. The van der Waals surface area contributed by atoms with Crippen LogP contribution in [-0.2, 0) is 4.57 Å². The zero-order valence-electron chi connectivity index (χ0n) is 15.7. The molecule has 140 valence electrons. The van der Waals surface area contributed by atoms with Gasteiger partial charge in [0, 0.05) is 6.04 Å². The first-order valence-electron chi connectivity index (χ1n) is 9.72. The van der Waals surface area contributed by atoms with Gasteiger partial charge in [-0.25, -0.2) is 9.24 Å². The van der Waals surface area contributed by atoms with Crippen LogP contribution in [0.2, 0.25) is 0 Å². The SMILES string of the molecule is CCCCCCCCC(CCCCCCCC)N(C)P(=O)(O)O. The Bertz CT molecular complexity index is 291. The maximum absolute atomic E-state index is 11.5. The van der Waals surface area contributed by atoms with E-state index in [1.807, 2.05) is 0 Å². The van der Waals surface area contributed by atoms with Crippen LogP contribution in [0.4, 0.5) is 0 Å². The molecule has 0 aliphatic heterocycles. The van der Waals surface area contributed by atoms with E-state index >= 15 is 0 Å². The fourth-order valence-corrected chi connectivity index (χ4v) is 3.71. The van der Waals surface area contributed by atoms with Crippen molar-refractivity contribution in [1.82, 2.24) is 4.67 Å². The molecule has 0 saturated carbocycles. The van der Waals surface area contributed by atoms with E-state index in [1.54, 1.807) is 7.05 Å². The fourth-order valence-electron chi connectivity index (χ4n) is 3.05. The summed E-state index contributed by atoms with van der Waals surface area (Å²) in [5.74, 6) is 0. The summed E-state index contributed by atoms with van der Waals surface area (Å²) in [6.07, 6.45) is 16.5. The molecule has 0 bridgehead atoms. The fraction of sp³-hybridized carbons (Fsp3) is 1.00. The van der Waals surface area contributed by atoms with Gasteiger partial charge in [-0.05, 0) is 19.9 Å². The van der Waals surface area contributed by atoms with E-state index in [0.717, 1.165) is 25.7 Å². The Balaban J connectivity index is 4.07. The van der Waals surface area contributed by atoms with Crippen LogP contribution in [0, 0.1) is 0 Å². The minimum absolute atomic E-state index is 0.0215. The molecule has 4 nitrogen and oxygen atoms in total. The minimum atomic E-state index is -4.11. The average Bonchev–Trinajstić information content (AvgIpc) is 2.50. The van der Waals surface area contributed by atoms with Gasteiger partial charge in [-0.3, -0.25) is 0 Å². The number of rotatable bonds is 16. The van der Waals surface area contributed by atoms with Crippen molar-refractivity contribution in [3.05, 3.63) is 0 Å². The van der Waals surface area contributed by atoms with E-state index in [9.17, 15) is 14.4 Å². The third-order valence-electron chi connectivity index (χ3n) is 4.72. The minimum Gasteiger partial charge on any atom is -0.312 e. The molecule has 0 aliphatic rings. The Labute approximate surface area is 144 Å². The van der Waals surface area contributed by atoms with E-state index < -0.39 is 7.75 Å². The summed E-state index contributed by atoms with van der Waals surface area (Å²) in [7, 11) is -2.53. The zero-order valence-corrected chi connectivity index (χ0v) is 16.6. The van der Waals surface area contributed by atoms with Gasteiger partial charge >= 0.3 is 7.75 Å². The second kappa shape index (κ2) is 14.5. The molecule has 0 rings (SSSR count). The molecule has 5 heteroatoms. The van der Waals surface area contributed by atoms with E-state index in [4.69, 9.17) is 0 Å². The normalized spacial score (nSPS) is 12.5. The van der Waals surface area contributed by atoms with Gasteiger partial charge in [0.25, 0.3) is 0 Å². The number of hydrogen-bond acceptors (Lipinski definition) is 1. The molecule has 0 spiro atoms. The van der Waals surface area contributed by atoms with Crippen LogP contribution in [0.5, 0.6) is 0 Å². The van der Waals surface area contributed by atoms with Crippen molar-refractivity contribution < 1.29 is 14.4 Å². The predicted molar refractivity (Wildman–Crippen MR) is 99.6 cm³/mol. The smallest absolute Gasteiger partial charge is 0.312 e. The van der Waals surface area contributed by atoms with Crippen LogP contribution in [0.25, 0.3) is 0 Å². The first-order chi connectivity index (χ1) is 10.9. The second-order valence-corrected chi connectivity index (χ2v) is 8.51. The van der Waals surface area contributed by atoms with Crippen LogP contribution >= 0.6 is 7.75 Å². The quantitative estimate of drug-likeness (QED) is 0.270. The van der Waals surface area contributed by atoms with Crippen molar-refractivity contribution in [3.63, 3.8) is 0 Å². The lowest BCUT2D eigenvalue weighted by atomic mass is 10.0. The van der Waals surface area contributed by atoms with Crippen molar-refractivity contribution in [3.8, 4) is 0 Å². The van der Waals surface area contributed by atoms with E-state index in [-0.39, 0.29) is 6.04 Å². The third-order valence-corrected chi connectivity index (χ3v) is 5.87. The molecule has 0 aromatic rings. The van der Waals surface area contributed by atoms with Crippen LogP contribution < -0.4 is 0 Å². The lowest BCUT2D eigenvalue weighted by Gasteiger charge is -2.28. The van der Waals surface area contributed by atoms with E-state index in [0.29, 0.717) is 0 Å². The maximum atomic E-state index is 11.5. The lowest BCUT2D eigenvalue weighted by Crippen LogP contribution is -2.29. The van der Waals surface area contributed by atoms with Crippen molar-refractivity contribution in [1.29, 1.82) is 0 Å². The van der Waals surface area contributed by atoms with Gasteiger partial charge in [-0.15, -0.1) is 0 Å². The average molecular weight is 349 g/mol. The van der Waals surface area contributed by atoms with Crippen molar-refractivity contribution in [2.24, 2.45) is 0 Å². The molecule has 2 N–H and O–H groups in total. The molecule has 0 fully saturated rings. The van der Waals surface area contributed by atoms with Crippen LogP contribution in [0.15, 0.2) is 0 Å². The zero-order chi connectivity index (χ0) is 17.6. The standard InChI is InChI=1S/C18H40NO3P/c1-4-6-8-10-12-14-16-18(19(3)23(20,21)22)17-15-13-11-9-7-5-2/h18H,4-17H2,1-3H3,(H2,20,21,22). The second-order valence-electron chi connectivity index (χ2n) is 6.85. The number of hydrogen-bond donors (Lipinski definition) is 2. The predicted octanol–water partition coefficient (Wildman–Crippen LogP) is 5.88. The molecule has 0 atom stereocenters. The molecule has 0 saturated heterocycles. The Kier molecular flexibility index (Phi) is 14.5. The summed E-state index contributed by atoms with van der Waals surface area (Å²) in [6, 6.07) is 0.0215. The maximum Gasteiger partial charge on any atom is 0.402 e. The molecular formula is C18H40NO3P. The summed E-state index contributed by atoms with van der Waals surface area (Å²) in [4.78, 5) is 18.9. The van der Waals surface area contributed by atoms with E-state index in [1.165, 1.54) is 68.9 Å². The number of unbranched alkanes of at least 4 members (excludes halogenated alkanes) is 10. The highest BCUT2D eigenvalue weighted by atomic mass is 31.2. The monoisotopic (exact) mass is 349 g/mol. The van der Waals surface area contributed by atoms with Gasteiger partial charge in [0.15, 0.2) is 0 Å². The Morgan fingerprint density at radius 2 is 1.09 bits per heavy atom. The molecular weight excluding hydrogens is 309 g/mol. The molecule has 0 aromatic carbocycles. The highest BCUT2D eigenvalue weighted by Gasteiger charge is 2.28. The lowest BCUT2D eigenvalue weighted by molar-refractivity contribution is 0.232. The molecule has 0 radical (unpaired) electrons. The van der Waals surface area contributed by atoms with E-state index in [2.05, 4.69) is 13.8 Å². The molecule has 0 aliphatic carbocycles. The Hall–Kier alpha value is 0.110. The summed E-state index contributed by atoms with van der Waals surface area (Å²) >= 11 is 0. The van der Waals surface area contributed by atoms with Gasteiger partial charge in [0.2, 0.25) is 0 Å². The van der Waals surface area contributed by atoms with Crippen molar-refractivity contribution in [2.75, 3.05) is 7.05 Å². The van der Waals surface area contributed by atoms with Crippen LogP contribution in [0.3, 0.4) is 0 Å². The summed E-state index contributed by atoms with van der Waals surface area (Å²) < 4.78 is 12.9. The summed E-state index contributed by atoms with van der Waals surface area (Å²) in [6.45, 7) is 4.43. The molecule has 0 unspecified atom stereocenters. The largest absolute Gasteiger partial charge is 0.402 e.